The predicted molar refractivity (Wildman–Crippen MR) is 116 cm³/mol. The van der Waals surface area contributed by atoms with E-state index in [2.05, 4.69) is 10.3 Å². The summed E-state index contributed by atoms with van der Waals surface area (Å²) < 4.78 is 5.43. The summed E-state index contributed by atoms with van der Waals surface area (Å²) in [5.41, 5.74) is 1.15. The molecule has 7 heteroatoms. The summed E-state index contributed by atoms with van der Waals surface area (Å²) in [5.74, 6) is -0.202. The molecular formula is C23H28ClN3O3. The standard InChI is InChI=1S/C23H28ClN3O3/c1-23(2,3)30-22(29)27-14-11-17(12-15-27)21(28)26-20(19-6-4-5-13-25-19)16-7-9-18(24)10-8-16/h4-10,13,17,20H,11-12,14-15H2,1-3H3,(H,26,28). The maximum atomic E-state index is 13.0. The second kappa shape index (κ2) is 9.47. The van der Waals surface area contributed by atoms with Crippen LogP contribution in [0.4, 0.5) is 4.79 Å². The summed E-state index contributed by atoms with van der Waals surface area (Å²) in [6, 6.07) is 12.7. The summed E-state index contributed by atoms with van der Waals surface area (Å²) in [6.07, 6.45) is 2.58. The minimum atomic E-state index is -0.528. The van der Waals surface area contributed by atoms with Crippen molar-refractivity contribution in [1.29, 1.82) is 0 Å². The Morgan fingerprint density at radius 3 is 2.37 bits per heavy atom. The summed E-state index contributed by atoms with van der Waals surface area (Å²) in [7, 11) is 0. The summed E-state index contributed by atoms with van der Waals surface area (Å²) in [6.45, 7) is 6.54. The van der Waals surface area contributed by atoms with Crippen LogP contribution in [-0.4, -0.2) is 40.6 Å². The Hall–Kier alpha value is -2.60. The average Bonchev–Trinajstić information content (AvgIpc) is 2.72. The molecule has 3 rings (SSSR count). The molecule has 0 bridgehead atoms. The third-order valence-corrected chi connectivity index (χ3v) is 5.24. The van der Waals surface area contributed by atoms with Crippen molar-refractivity contribution in [3.8, 4) is 0 Å². The van der Waals surface area contributed by atoms with E-state index >= 15 is 0 Å². The molecule has 1 fully saturated rings. The molecule has 1 atom stereocenters. The predicted octanol–water partition coefficient (Wildman–Crippen LogP) is 4.59. The number of likely N-dealkylation sites (tertiary alicyclic amines) is 1. The van der Waals surface area contributed by atoms with Crippen LogP contribution in [0.5, 0.6) is 0 Å². The van der Waals surface area contributed by atoms with Gasteiger partial charge in [-0.2, -0.15) is 0 Å². The van der Waals surface area contributed by atoms with Crippen LogP contribution < -0.4 is 5.32 Å². The lowest BCUT2D eigenvalue weighted by molar-refractivity contribution is -0.127. The van der Waals surface area contributed by atoms with Gasteiger partial charge >= 0.3 is 6.09 Å². The lowest BCUT2D eigenvalue weighted by Gasteiger charge is -2.33. The van der Waals surface area contributed by atoms with Crippen LogP contribution in [0.3, 0.4) is 0 Å². The fraction of sp³-hybridized carbons (Fsp3) is 0.435. The van der Waals surface area contributed by atoms with Crippen molar-refractivity contribution in [3.63, 3.8) is 0 Å². The van der Waals surface area contributed by atoms with E-state index in [0.717, 1.165) is 11.3 Å². The van der Waals surface area contributed by atoms with E-state index in [0.29, 0.717) is 31.0 Å². The number of pyridine rings is 1. The van der Waals surface area contributed by atoms with Crippen molar-refractivity contribution in [3.05, 3.63) is 64.9 Å². The Bertz CT molecular complexity index is 858. The summed E-state index contributed by atoms with van der Waals surface area (Å²) >= 11 is 6.02. The molecule has 1 N–H and O–H groups in total. The number of rotatable bonds is 4. The van der Waals surface area contributed by atoms with Crippen LogP contribution in [0.15, 0.2) is 48.7 Å². The smallest absolute Gasteiger partial charge is 0.410 e. The molecule has 1 aromatic heterocycles. The molecule has 2 amide bonds. The van der Waals surface area contributed by atoms with Crippen LogP contribution in [0.25, 0.3) is 0 Å². The van der Waals surface area contributed by atoms with E-state index in [1.54, 1.807) is 23.2 Å². The second-order valence-corrected chi connectivity index (χ2v) is 8.93. The first-order valence-corrected chi connectivity index (χ1v) is 10.6. The molecule has 2 aromatic rings. The maximum absolute atomic E-state index is 13.0. The molecule has 30 heavy (non-hydrogen) atoms. The van der Waals surface area contributed by atoms with Crippen LogP contribution in [0.2, 0.25) is 5.02 Å². The number of benzene rings is 1. The van der Waals surface area contributed by atoms with Gasteiger partial charge in [-0.15, -0.1) is 0 Å². The van der Waals surface area contributed by atoms with Crippen molar-refractivity contribution < 1.29 is 14.3 Å². The van der Waals surface area contributed by atoms with Crippen LogP contribution in [0.1, 0.15) is 50.9 Å². The van der Waals surface area contributed by atoms with Gasteiger partial charge in [-0.3, -0.25) is 9.78 Å². The quantitative estimate of drug-likeness (QED) is 0.771. The lowest BCUT2D eigenvalue weighted by Crippen LogP contribution is -2.45. The lowest BCUT2D eigenvalue weighted by atomic mass is 9.94. The normalized spacial score (nSPS) is 16.1. The number of carbonyl (C=O) groups excluding carboxylic acids is 2. The van der Waals surface area contributed by atoms with Gasteiger partial charge in [0.1, 0.15) is 5.60 Å². The van der Waals surface area contributed by atoms with Crippen molar-refractivity contribution in [2.45, 2.75) is 45.3 Å². The van der Waals surface area contributed by atoms with Gasteiger partial charge in [0.15, 0.2) is 0 Å². The fourth-order valence-electron chi connectivity index (χ4n) is 3.44. The number of piperidine rings is 1. The monoisotopic (exact) mass is 429 g/mol. The molecule has 0 radical (unpaired) electrons. The van der Waals surface area contributed by atoms with E-state index in [1.165, 1.54) is 0 Å². The molecule has 1 aliphatic heterocycles. The number of amides is 2. The molecule has 1 saturated heterocycles. The molecule has 1 aromatic carbocycles. The van der Waals surface area contributed by atoms with Crippen molar-refractivity contribution >= 4 is 23.6 Å². The van der Waals surface area contributed by atoms with Gasteiger partial charge in [-0.1, -0.05) is 29.8 Å². The van der Waals surface area contributed by atoms with E-state index in [9.17, 15) is 9.59 Å². The first-order valence-electron chi connectivity index (χ1n) is 10.2. The molecule has 6 nitrogen and oxygen atoms in total. The van der Waals surface area contributed by atoms with Crippen molar-refractivity contribution in [2.24, 2.45) is 5.92 Å². The number of hydrogen-bond donors (Lipinski definition) is 1. The Morgan fingerprint density at radius 2 is 1.80 bits per heavy atom. The highest BCUT2D eigenvalue weighted by molar-refractivity contribution is 6.30. The number of nitrogens with one attached hydrogen (secondary N) is 1. The molecule has 2 heterocycles. The number of halogens is 1. The second-order valence-electron chi connectivity index (χ2n) is 8.49. The molecule has 160 valence electrons. The molecule has 0 spiro atoms. The van der Waals surface area contributed by atoms with Crippen LogP contribution in [0, 0.1) is 5.92 Å². The first kappa shape index (κ1) is 22.1. The minimum absolute atomic E-state index is 0.0376. The number of nitrogens with zero attached hydrogens (tertiary/aromatic N) is 2. The zero-order valence-electron chi connectivity index (χ0n) is 17.6. The van der Waals surface area contributed by atoms with E-state index < -0.39 is 5.60 Å². The summed E-state index contributed by atoms with van der Waals surface area (Å²) in [4.78, 5) is 31.4. The highest BCUT2D eigenvalue weighted by atomic mass is 35.5. The molecule has 1 aliphatic rings. The first-order chi connectivity index (χ1) is 14.2. The number of hydrogen-bond acceptors (Lipinski definition) is 4. The number of carbonyl (C=O) groups is 2. The van der Waals surface area contributed by atoms with Crippen LogP contribution >= 0.6 is 11.6 Å². The Kier molecular flexibility index (Phi) is 6.98. The van der Waals surface area contributed by atoms with Gasteiger partial charge in [0.05, 0.1) is 11.7 Å². The van der Waals surface area contributed by atoms with E-state index in [-0.39, 0.29) is 24.0 Å². The topological polar surface area (TPSA) is 71.5 Å². The number of aromatic nitrogens is 1. The zero-order chi connectivity index (χ0) is 21.7. The minimum Gasteiger partial charge on any atom is -0.444 e. The Labute approximate surface area is 182 Å². The van der Waals surface area contributed by atoms with Crippen molar-refractivity contribution in [2.75, 3.05) is 13.1 Å². The molecule has 1 unspecified atom stereocenters. The SMILES string of the molecule is CC(C)(C)OC(=O)N1CCC(C(=O)NC(c2ccc(Cl)cc2)c2ccccn2)CC1. The summed E-state index contributed by atoms with van der Waals surface area (Å²) in [5, 5.41) is 3.78. The molecule has 0 aliphatic carbocycles. The van der Waals surface area contributed by atoms with Gasteiger partial charge in [0, 0.05) is 30.2 Å². The molecular weight excluding hydrogens is 402 g/mol. The largest absolute Gasteiger partial charge is 0.444 e. The fourth-order valence-corrected chi connectivity index (χ4v) is 3.57. The zero-order valence-corrected chi connectivity index (χ0v) is 18.4. The van der Waals surface area contributed by atoms with Crippen LogP contribution in [-0.2, 0) is 9.53 Å². The highest BCUT2D eigenvalue weighted by Crippen LogP contribution is 2.25. The van der Waals surface area contributed by atoms with Gasteiger partial charge in [-0.25, -0.2) is 4.79 Å². The third kappa shape index (κ3) is 5.95. The van der Waals surface area contributed by atoms with Gasteiger partial charge < -0.3 is 15.0 Å². The highest BCUT2D eigenvalue weighted by Gasteiger charge is 2.31. The maximum Gasteiger partial charge on any atom is 0.410 e. The van der Waals surface area contributed by atoms with Crippen molar-refractivity contribution in [1.82, 2.24) is 15.2 Å². The molecule has 0 saturated carbocycles. The average molecular weight is 430 g/mol. The Morgan fingerprint density at radius 1 is 1.13 bits per heavy atom. The number of ether oxygens (including phenoxy) is 1. The van der Waals surface area contributed by atoms with E-state index in [4.69, 9.17) is 16.3 Å². The van der Waals surface area contributed by atoms with Gasteiger partial charge in [0.2, 0.25) is 5.91 Å². The third-order valence-electron chi connectivity index (χ3n) is 4.99. The Balaban J connectivity index is 1.65. The van der Waals surface area contributed by atoms with Gasteiger partial charge in [-0.05, 0) is 63.4 Å². The van der Waals surface area contributed by atoms with E-state index in [1.807, 2.05) is 51.1 Å². The van der Waals surface area contributed by atoms with Gasteiger partial charge in [0.25, 0.3) is 0 Å².